The fraction of sp³-hybridized carbons (Fsp3) is 0.538. The number of nitrogens with two attached hydrogens (primary N) is 1. The number of halogens is 3. The molecule has 3 nitrogen and oxygen atoms in total. The summed E-state index contributed by atoms with van der Waals surface area (Å²) in [6.45, 7) is 3.89. The van der Waals surface area contributed by atoms with Crippen LogP contribution in [-0.4, -0.2) is 18.0 Å². The van der Waals surface area contributed by atoms with Gasteiger partial charge in [0.1, 0.15) is 5.75 Å². The van der Waals surface area contributed by atoms with Crippen molar-refractivity contribution in [2.24, 2.45) is 11.1 Å². The zero-order valence-electron chi connectivity index (χ0n) is 10.9. The standard InChI is InChI=1S/C13H18F3NO2/c1-3-12(2,8-17)11(18)9-5-4-6-10(7-9)19-13(14,15)16/h4-7,11,18H,3,8,17H2,1-2H3. The van der Waals surface area contributed by atoms with Gasteiger partial charge in [-0.25, -0.2) is 0 Å². The predicted octanol–water partition coefficient (Wildman–Crippen LogP) is 2.99. The Morgan fingerprint density at radius 1 is 1.37 bits per heavy atom. The van der Waals surface area contributed by atoms with Gasteiger partial charge in [-0.15, -0.1) is 13.2 Å². The van der Waals surface area contributed by atoms with Crippen molar-refractivity contribution < 1.29 is 23.0 Å². The molecule has 0 amide bonds. The van der Waals surface area contributed by atoms with Gasteiger partial charge < -0.3 is 15.6 Å². The molecule has 1 rings (SSSR count). The average Bonchev–Trinajstić information content (AvgIpc) is 2.35. The molecule has 19 heavy (non-hydrogen) atoms. The molecule has 0 aliphatic heterocycles. The van der Waals surface area contributed by atoms with E-state index in [1.54, 1.807) is 13.0 Å². The van der Waals surface area contributed by atoms with Gasteiger partial charge in [0.05, 0.1) is 6.10 Å². The fourth-order valence-electron chi connectivity index (χ4n) is 1.73. The second-order valence-corrected chi connectivity index (χ2v) is 4.73. The number of alkyl halides is 3. The first-order valence-electron chi connectivity index (χ1n) is 5.95. The van der Waals surface area contributed by atoms with E-state index in [9.17, 15) is 18.3 Å². The lowest BCUT2D eigenvalue weighted by atomic mass is 9.78. The number of aliphatic hydroxyl groups is 1. The van der Waals surface area contributed by atoms with E-state index in [1.807, 2.05) is 6.92 Å². The van der Waals surface area contributed by atoms with Crippen LogP contribution >= 0.6 is 0 Å². The Morgan fingerprint density at radius 3 is 2.47 bits per heavy atom. The van der Waals surface area contributed by atoms with Gasteiger partial charge in [-0.05, 0) is 24.1 Å². The molecule has 2 atom stereocenters. The number of aliphatic hydroxyl groups excluding tert-OH is 1. The normalized spacial score (nSPS) is 16.8. The van der Waals surface area contributed by atoms with Crippen LogP contribution in [0.4, 0.5) is 13.2 Å². The molecule has 6 heteroatoms. The van der Waals surface area contributed by atoms with E-state index in [0.717, 1.165) is 0 Å². The summed E-state index contributed by atoms with van der Waals surface area (Å²) in [6, 6.07) is 5.33. The summed E-state index contributed by atoms with van der Waals surface area (Å²) in [6.07, 6.45) is -5.08. The first-order valence-corrected chi connectivity index (χ1v) is 5.95. The van der Waals surface area contributed by atoms with Gasteiger partial charge in [0.15, 0.2) is 0 Å². The zero-order valence-corrected chi connectivity index (χ0v) is 10.9. The van der Waals surface area contributed by atoms with Gasteiger partial charge in [-0.3, -0.25) is 0 Å². The lowest BCUT2D eigenvalue weighted by molar-refractivity contribution is -0.274. The third-order valence-electron chi connectivity index (χ3n) is 3.34. The molecule has 3 N–H and O–H groups in total. The van der Waals surface area contributed by atoms with E-state index in [0.29, 0.717) is 12.0 Å². The largest absolute Gasteiger partial charge is 0.573 e. The molecular formula is C13H18F3NO2. The molecule has 0 saturated heterocycles. The van der Waals surface area contributed by atoms with Gasteiger partial charge in [0, 0.05) is 12.0 Å². The molecule has 108 valence electrons. The van der Waals surface area contributed by atoms with Crippen LogP contribution in [0.5, 0.6) is 5.75 Å². The van der Waals surface area contributed by atoms with Crippen LogP contribution in [0.1, 0.15) is 31.9 Å². The summed E-state index contributed by atoms with van der Waals surface area (Å²) in [4.78, 5) is 0. The molecule has 0 spiro atoms. The van der Waals surface area contributed by atoms with Crippen LogP contribution in [0.3, 0.4) is 0 Å². The molecule has 0 radical (unpaired) electrons. The summed E-state index contributed by atoms with van der Waals surface area (Å²) in [5.74, 6) is -0.348. The van der Waals surface area contributed by atoms with Crippen molar-refractivity contribution in [3.8, 4) is 5.75 Å². The summed E-state index contributed by atoms with van der Waals surface area (Å²) in [7, 11) is 0. The van der Waals surface area contributed by atoms with E-state index in [2.05, 4.69) is 4.74 Å². The minimum Gasteiger partial charge on any atom is -0.406 e. The number of benzene rings is 1. The number of rotatable bonds is 5. The molecule has 0 heterocycles. The Labute approximate surface area is 110 Å². The Bertz CT molecular complexity index is 417. The monoisotopic (exact) mass is 277 g/mol. The molecule has 0 aromatic heterocycles. The van der Waals surface area contributed by atoms with E-state index >= 15 is 0 Å². The van der Waals surface area contributed by atoms with Gasteiger partial charge in [0.2, 0.25) is 0 Å². The van der Waals surface area contributed by atoms with Crippen LogP contribution in [-0.2, 0) is 0 Å². The summed E-state index contributed by atoms with van der Waals surface area (Å²) in [5, 5.41) is 10.2. The molecule has 0 saturated carbocycles. The highest BCUT2D eigenvalue weighted by atomic mass is 19.4. The summed E-state index contributed by atoms with van der Waals surface area (Å²) < 4.78 is 40.2. The Balaban J connectivity index is 2.99. The van der Waals surface area contributed by atoms with Gasteiger partial charge >= 0.3 is 6.36 Å². The number of ether oxygens (including phenoxy) is 1. The maximum Gasteiger partial charge on any atom is 0.573 e. The summed E-state index contributed by atoms with van der Waals surface area (Å²) in [5.41, 5.74) is 5.40. The smallest absolute Gasteiger partial charge is 0.406 e. The van der Waals surface area contributed by atoms with Crippen molar-refractivity contribution in [1.29, 1.82) is 0 Å². The van der Waals surface area contributed by atoms with E-state index < -0.39 is 17.9 Å². The van der Waals surface area contributed by atoms with Crippen molar-refractivity contribution in [2.75, 3.05) is 6.54 Å². The van der Waals surface area contributed by atoms with Crippen LogP contribution in [0.25, 0.3) is 0 Å². The molecule has 1 aromatic rings. The third kappa shape index (κ3) is 4.11. The number of hydrogen-bond donors (Lipinski definition) is 2. The van der Waals surface area contributed by atoms with E-state index in [4.69, 9.17) is 5.73 Å². The van der Waals surface area contributed by atoms with Crippen LogP contribution in [0.15, 0.2) is 24.3 Å². The minimum absolute atomic E-state index is 0.231. The average molecular weight is 277 g/mol. The lowest BCUT2D eigenvalue weighted by Gasteiger charge is -2.32. The molecular weight excluding hydrogens is 259 g/mol. The molecule has 0 aliphatic carbocycles. The highest BCUT2D eigenvalue weighted by molar-refractivity contribution is 5.31. The first kappa shape index (κ1) is 15.8. The predicted molar refractivity (Wildman–Crippen MR) is 65.5 cm³/mol. The molecule has 0 aliphatic rings. The van der Waals surface area contributed by atoms with Crippen molar-refractivity contribution in [3.05, 3.63) is 29.8 Å². The van der Waals surface area contributed by atoms with Crippen LogP contribution in [0.2, 0.25) is 0 Å². The second kappa shape index (κ2) is 5.79. The van der Waals surface area contributed by atoms with Gasteiger partial charge in [-0.2, -0.15) is 0 Å². The Kier molecular flexibility index (Phi) is 4.81. The maximum atomic E-state index is 12.1. The highest BCUT2D eigenvalue weighted by Crippen LogP contribution is 2.37. The SMILES string of the molecule is CCC(C)(CN)C(O)c1cccc(OC(F)(F)F)c1. The zero-order chi connectivity index (χ0) is 14.7. The molecule has 2 unspecified atom stereocenters. The highest BCUT2D eigenvalue weighted by Gasteiger charge is 2.33. The molecule has 1 aromatic carbocycles. The number of hydrogen-bond acceptors (Lipinski definition) is 3. The first-order chi connectivity index (χ1) is 8.72. The molecule has 0 fully saturated rings. The van der Waals surface area contributed by atoms with Crippen molar-refractivity contribution in [2.45, 2.75) is 32.7 Å². The van der Waals surface area contributed by atoms with Crippen molar-refractivity contribution in [1.82, 2.24) is 0 Å². The van der Waals surface area contributed by atoms with Crippen LogP contribution < -0.4 is 10.5 Å². The molecule has 0 bridgehead atoms. The fourth-order valence-corrected chi connectivity index (χ4v) is 1.73. The van der Waals surface area contributed by atoms with Crippen molar-refractivity contribution >= 4 is 0 Å². The van der Waals surface area contributed by atoms with Gasteiger partial charge in [0.25, 0.3) is 0 Å². The topological polar surface area (TPSA) is 55.5 Å². The quantitative estimate of drug-likeness (QED) is 0.870. The summed E-state index contributed by atoms with van der Waals surface area (Å²) >= 11 is 0. The maximum absolute atomic E-state index is 12.1. The third-order valence-corrected chi connectivity index (χ3v) is 3.34. The van der Waals surface area contributed by atoms with E-state index in [-0.39, 0.29) is 12.3 Å². The van der Waals surface area contributed by atoms with E-state index in [1.165, 1.54) is 18.2 Å². The second-order valence-electron chi connectivity index (χ2n) is 4.73. The lowest BCUT2D eigenvalue weighted by Crippen LogP contribution is -2.33. The van der Waals surface area contributed by atoms with Gasteiger partial charge in [-0.1, -0.05) is 26.0 Å². The Morgan fingerprint density at radius 2 is 2.00 bits per heavy atom. The van der Waals surface area contributed by atoms with Crippen LogP contribution in [0, 0.1) is 5.41 Å². The minimum atomic E-state index is -4.74. The Hall–Kier alpha value is -1.27. The van der Waals surface area contributed by atoms with Crippen molar-refractivity contribution in [3.63, 3.8) is 0 Å².